The van der Waals surface area contributed by atoms with E-state index in [0.29, 0.717) is 29.4 Å². The van der Waals surface area contributed by atoms with Gasteiger partial charge in [0.25, 0.3) is 0 Å². The second kappa shape index (κ2) is 8.98. The zero-order valence-electron chi connectivity index (χ0n) is 16.9. The number of amides is 2. The highest BCUT2D eigenvalue weighted by Crippen LogP contribution is 2.29. The molecule has 1 fully saturated rings. The van der Waals surface area contributed by atoms with Crippen molar-refractivity contribution in [3.63, 3.8) is 0 Å². The van der Waals surface area contributed by atoms with Crippen LogP contribution in [-0.4, -0.2) is 30.5 Å². The Morgan fingerprint density at radius 2 is 2.13 bits per heavy atom. The predicted octanol–water partition coefficient (Wildman–Crippen LogP) is 3.61. The van der Waals surface area contributed by atoms with Crippen LogP contribution in [0.25, 0.3) is 0 Å². The molecule has 0 radical (unpaired) electrons. The molecule has 156 valence electrons. The minimum absolute atomic E-state index is 0.0888. The zero-order valence-corrected chi connectivity index (χ0v) is 17.7. The smallest absolute Gasteiger partial charge is 0.231 e. The molecule has 1 aromatic heterocycles. The summed E-state index contributed by atoms with van der Waals surface area (Å²) >= 11 is 1.40. The van der Waals surface area contributed by atoms with E-state index >= 15 is 0 Å². The Morgan fingerprint density at radius 1 is 1.32 bits per heavy atom. The van der Waals surface area contributed by atoms with Crippen LogP contribution in [0.3, 0.4) is 0 Å². The van der Waals surface area contributed by atoms with Gasteiger partial charge in [0.15, 0.2) is 5.13 Å². The lowest BCUT2D eigenvalue weighted by Gasteiger charge is -2.17. The maximum Gasteiger partial charge on any atom is 0.231 e. The molecule has 0 aliphatic carbocycles. The summed E-state index contributed by atoms with van der Waals surface area (Å²) in [5.74, 6) is -0.0765. The van der Waals surface area contributed by atoms with E-state index < -0.39 is 5.92 Å². The zero-order chi connectivity index (χ0) is 21.8. The van der Waals surface area contributed by atoms with Gasteiger partial charge in [0.1, 0.15) is 5.75 Å². The summed E-state index contributed by atoms with van der Waals surface area (Å²) in [7, 11) is 1.57. The van der Waals surface area contributed by atoms with Crippen LogP contribution in [0.15, 0.2) is 54.7 Å². The summed E-state index contributed by atoms with van der Waals surface area (Å²) in [6, 6.07) is 16.7. The molecule has 4 rings (SSSR count). The van der Waals surface area contributed by atoms with Gasteiger partial charge in [-0.15, -0.1) is 11.3 Å². The highest BCUT2D eigenvalue weighted by molar-refractivity contribution is 7.15. The number of nitrogens with one attached hydrogen (secondary N) is 1. The Balaban J connectivity index is 1.37. The largest absolute Gasteiger partial charge is 0.497 e. The van der Waals surface area contributed by atoms with Crippen molar-refractivity contribution in [1.29, 1.82) is 5.26 Å². The number of aromatic nitrogens is 1. The van der Waals surface area contributed by atoms with Crippen molar-refractivity contribution in [1.82, 2.24) is 4.98 Å². The third kappa shape index (κ3) is 4.73. The number of ether oxygens (including phenoxy) is 1. The van der Waals surface area contributed by atoms with E-state index in [1.807, 2.05) is 30.3 Å². The molecule has 1 atom stereocenters. The molecular formula is C23H20N4O3S. The van der Waals surface area contributed by atoms with Crippen molar-refractivity contribution in [3.8, 4) is 11.8 Å². The first-order valence-electron chi connectivity index (χ1n) is 9.74. The third-order valence-corrected chi connectivity index (χ3v) is 6.02. The van der Waals surface area contributed by atoms with Gasteiger partial charge in [-0.1, -0.05) is 18.2 Å². The van der Waals surface area contributed by atoms with Crippen LogP contribution in [-0.2, 0) is 16.0 Å². The van der Waals surface area contributed by atoms with E-state index in [1.54, 1.807) is 36.4 Å². The van der Waals surface area contributed by atoms with Crippen molar-refractivity contribution in [2.45, 2.75) is 12.8 Å². The van der Waals surface area contributed by atoms with Gasteiger partial charge in [0, 0.05) is 42.2 Å². The average molecular weight is 433 g/mol. The van der Waals surface area contributed by atoms with Gasteiger partial charge in [0.2, 0.25) is 11.8 Å². The van der Waals surface area contributed by atoms with E-state index in [2.05, 4.69) is 16.4 Å². The number of hydrogen-bond acceptors (Lipinski definition) is 6. The number of anilines is 2. The molecule has 0 spiro atoms. The molecule has 0 bridgehead atoms. The summed E-state index contributed by atoms with van der Waals surface area (Å²) in [6.07, 6.45) is 2.57. The Hall–Kier alpha value is -3.70. The van der Waals surface area contributed by atoms with Gasteiger partial charge in [-0.3, -0.25) is 9.59 Å². The summed E-state index contributed by atoms with van der Waals surface area (Å²) in [4.78, 5) is 32.1. The van der Waals surface area contributed by atoms with Crippen LogP contribution in [0.2, 0.25) is 0 Å². The molecule has 2 amide bonds. The lowest BCUT2D eigenvalue weighted by Crippen LogP contribution is -2.28. The van der Waals surface area contributed by atoms with Crippen molar-refractivity contribution in [2.24, 2.45) is 5.92 Å². The van der Waals surface area contributed by atoms with E-state index in [1.165, 1.54) is 11.3 Å². The number of nitrogens with zero attached hydrogens (tertiary/aromatic N) is 3. The highest BCUT2D eigenvalue weighted by Gasteiger charge is 2.35. The number of nitriles is 1. The Kier molecular flexibility index (Phi) is 5.96. The predicted molar refractivity (Wildman–Crippen MR) is 118 cm³/mol. The van der Waals surface area contributed by atoms with Gasteiger partial charge in [-0.25, -0.2) is 4.98 Å². The molecule has 2 aromatic carbocycles. The molecule has 2 heterocycles. The lowest BCUT2D eigenvalue weighted by atomic mass is 10.1. The maximum atomic E-state index is 12.7. The number of carbonyl (C=O) groups is 2. The van der Waals surface area contributed by atoms with Crippen LogP contribution in [0.1, 0.15) is 22.4 Å². The van der Waals surface area contributed by atoms with Gasteiger partial charge in [-0.05, 0) is 29.8 Å². The highest BCUT2D eigenvalue weighted by atomic mass is 32.1. The number of thiazole rings is 1. The molecular weight excluding hydrogens is 412 g/mol. The summed E-state index contributed by atoms with van der Waals surface area (Å²) in [5.41, 5.74) is 2.41. The van der Waals surface area contributed by atoms with Gasteiger partial charge in [-0.2, -0.15) is 5.26 Å². The minimum atomic E-state index is -0.440. The molecule has 1 N–H and O–H groups in total. The van der Waals surface area contributed by atoms with Crippen LogP contribution in [0.5, 0.6) is 5.75 Å². The summed E-state index contributed by atoms with van der Waals surface area (Å²) in [6.45, 7) is 0.321. The molecule has 31 heavy (non-hydrogen) atoms. The summed E-state index contributed by atoms with van der Waals surface area (Å²) < 4.78 is 5.22. The molecule has 8 heteroatoms. The second-order valence-corrected chi connectivity index (χ2v) is 8.33. The van der Waals surface area contributed by atoms with Crippen LogP contribution < -0.4 is 15.0 Å². The fraction of sp³-hybridized carbons (Fsp3) is 0.217. The Labute approximate surface area is 183 Å². The van der Waals surface area contributed by atoms with Gasteiger partial charge in [0.05, 0.1) is 24.7 Å². The maximum absolute atomic E-state index is 12.7. The Bertz CT molecular complexity index is 1150. The summed E-state index contributed by atoms with van der Waals surface area (Å²) in [5, 5.41) is 12.2. The average Bonchev–Trinajstić information content (AvgIpc) is 3.40. The van der Waals surface area contributed by atoms with Crippen LogP contribution in [0.4, 0.5) is 10.8 Å². The second-order valence-electron chi connectivity index (χ2n) is 7.21. The lowest BCUT2D eigenvalue weighted by molar-refractivity contribution is -0.122. The van der Waals surface area contributed by atoms with Crippen molar-refractivity contribution >= 4 is 34.0 Å². The third-order valence-electron chi connectivity index (χ3n) is 5.11. The number of carbonyl (C=O) groups excluding carboxylic acids is 2. The fourth-order valence-electron chi connectivity index (χ4n) is 3.46. The van der Waals surface area contributed by atoms with Gasteiger partial charge >= 0.3 is 0 Å². The number of hydrogen-bond donors (Lipinski definition) is 1. The van der Waals surface area contributed by atoms with Crippen molar-refractivity contribution in [3.05, 3.63) is 70.7 Å². The molecule has 1 aliphatic rings. The Morgan fingerprint density at radius 3 is 2.87 bits per heavy atom. The van der Waals surface area contributed by atoms with Crippen molar-refractivity contribution < 1.29 is 14.3 Å². The molecule has 3 aromatic rings. The van der Waals surface area contributed by atoms with Crippen LogP contribution >= 0.6 is 11.3 Å². The van der Waals surface area contributed by atoms with Crippen molar-refractivity contribution in [2.75, 3.05) is 23.9 Å². The first-order valence-corrected chi connectivity index (χ1v) is 10.6. The molecule has 1 saturated heterocycles. The SMILES string of the molecule is COc1cccc(N2C[C@H](C(=O)Nc3ncc(Cc4ccc(C#N)cc4)s3)CC2=O)c1. The van der Waals surface area contributed by atoms with E-state index in [9.17, 15) is 9.59 Å². The van der Waals surface area contributed by atoms with Crippen LogP contribution in [0, 0.1) is 17.2 Å². The topological polar surface area (TPSA) is 95.3 Å². The number of benzene rings is 2. The monoisotopic (exact) mass is 432 g/mol. The normalized spacial score (nSPS) is 15.5. The number of methoxy groups -OCH3 is 1. The van der Waals surface area contributed by atoms with E-state index in [-0.39, 0.29) is 18.2 Å². The van der Waals surface area contributed by atoms with E-state index in [0.717, 1.165) is 16.1 Å². The minimum Gasteiger partial charge on any atom is -0.497 e. The number of rotatable bonds is 6. The standard InChI is InChI=1S/C23H20N4O3S/c1-30-19-4-2-3-18(11-19)27-14-17(10-21(27)28)22(29)26-23-25-13-20(31-23)9-15-5-7-16(12-24)8-6-15/h2-8,11,13,17H,9-10,14H2,1H3,(H,25,26,29)/t17-/m1/s1. The first-order chi connectivity index (χ1) is 15.1. The molecule has 0 unspecified atom stereocenters. The fourth-order valence-corrected chi connectivity index (χ4v) is 4.31. The quantitative estimate of drug-likeness (QED) is 0.642. The van der Waals surface area contributed by atoms with Gasteiger partial charge < -0.3 is 15.0 Å². The molecule has 0 saturated carbocycles. The first kappa shape index (κ1) is 20.6. The van der Waals surface area contributed by atoms with E-state index in [4.69, 9.17) is 10.00 Å². The molecule has 7 nitrogen and oxygen atoms in total. The molecule has 1 aliphatic heterocycles.